The van der Waals surface area contributed by atoms with Gasteiger partial charge in [-0.15, -0.1) is 0 Å². The van der Waals surface area contributed by atoms with E-state index in [1.165, 1.54) is 24.4 Å². The number of benzene rings is 1. The van der Waals surface area contributed by atoms with Crippen LogP contribution < -0.4 is 5.32 Å². The van der Waals surface area contributed by atoms with Crippen LogP contribution in [0.15, 0.2) is 24.4 Å². The second-order valence-corrected chi connectivity index (χ2v) is 4.60. The summed E-state index contributed by atoms with van der Waals surface area (Å²) >= 11 is 5.95. The molecule has 1 heterocycles. The van der Waals surface area contributed by atoms with Crippen molar-refractivity contribution in [2.75, 3.05) is 5.32 Å². The number of aromatic carboxylic acids is 1. The van der Waals surface area contributed by atoms with Crippen molar-refractivity contribution in [3.63, 3.8) is 0 Å². The van der Waals surface area contributed by atoms with Gasteiger partial charge in [0.15, 0.2) is 0 Å². The van der Waals surface area contributed by atoms with Gasteiger partial charge in [0, 0.05) is 12.7 Å². The lowest BCUT2D eigenvalue weighted by atomic mass is 10.1. The van der Waals surface area contributed by atoms with Crippen molar-refractivity contribution in [2.24, 2.45) is 7.05 Å². The minimum atomic E-state index is -1.16. The summed E-state index contributed by atoms with van der Waals surface area (Å²) in [4.78, 5) is 23.3. The Morgan fingerprint density at radius 1 is 1.35 bits per heavy atom. The summed E-state index contributed by atoms with van der Waals surface area (Å²) in [5.74, 6) is -1.61. The Balaban J connectivity index is 2.38. The highest BCUT2D eigenvalue weighted by atomic mass is 35.5. The van der Waals surface area contributed by atoms with Crippen molar-refractivity contribution in [2.45, 2.75) is 6.92 Å². The van der Waals surface area contributed by atoms with E-state index in [-0.39, 0.29) is 16.3 Å². The maximum Gasteiger partial charge on any atom is 0.337 e. The van der Waals surface area contributed by atoms with Crippen LogP contribution in [-0.2, 0) is 7.05 Å². The number of amides is 1. The molecule has 0 aliphatic carbocycles. The van der Waals surface area contributed by atoms with Crippen LogP contribution in [0.4, 0.5) is 5.69 Å². The molecule has 0 aliphatic heterocycles. The molecule has 0 spiro atoms. The highest BCUT2D eigenvalue weighted by Crippen LogP contribution is 2.26. The highest BCUT2D eigenvalue weighted by molar-refractivity contribution is 6.34. The molecule has 0 fully saturated rings. The van der Waals surface area contributed by atoms with E-state index in [1.807, 2.05) is 0 Å². The van der Waals surface area contributed by atoms with Gasteiger partial charge in [-0.3, -0.25) is 9.48 Å². The summed E-state index contributed by atoms with van der Waals surface area (Å²) < 4.78 is 1.56. The minimum absolute atomic E-state index is 0.0626. The molecule has 7 heteroatoms. The fraction of sp³-hybridized carbons (Fsp3) is 0.154. The number of rotatable bonds is 3. The number of nitrogens with one attached hydrogen (secondary N) is 1. The van der Waals surface area contributed by atoms with Gasteiger partial charge in [-0.1, -0.05) is 17.7 Å². The monoisotopic (exact) mass is 293 g/mol. The average molecular weight is 294 g/mol. The number of anilines is 1. The zero-order valence-corrected chi connectivity index (χ0v) is 11.6. The summed E-state index contributed by atoms with van der Waals surface area (Å²) in [6.07, 6.45) is 1.42. The Bertz CT molecular complexity index is 694. The van der Waals surface area contributed by atoms with E-state index in [0.29, 0.717) is 11.3 Å². The lowest BCUT2D eigenvalue weighted by Crippen LogP contribution is -2.16. The molecule has 1 aromatic carbocycles. The quantitative estimate of drug-likeness (QED) is 0.909. The van der Waals surface area contributed by atoms with Gasteiger partial charge >= 0.3 is 5.97 Å². The molecular weight excluding hydrogens is 282 g/mol. The number of carboxylic acids is 1. The van der Waals surface area contributed by atoms with Gasteiger partial charge in [-0.25, -0.2) is 4.79 Å². The van der Waals surface area contributed by atoms with Crippen LogP contribution >= 0.6 is 11.6 Å². The fourth-order valence-corrected chi connectivity index (χ4v) is 1.95. The van der Waals surface area contributed by atoms with Crippen LogP contribution in [-0.4, -0.2) is 26.8 Å². The Morgan fingerprint density at radius 3 is 2.60 bits per heavy atom. The number of nitrogens with zero attached hydrogens (tertiary/aromatic N) is 2. The summed E-state index contributed by atoms with van der Waals surface area (Å²) in [6.45, 7) is 1.74. The van der Waals surface area contributed by atoms with Crippen LogP contribution in [0, 0.1) is 6.92 Å². The average Bonchev–Trinajstić information content (AvgIpc) is 2.72. The van der Waals surface area contributed by atoms with Crippen LogP contribution in [0.3, 0.4) is 0 Å². The van der Waals surface area contributed by atoms with E-state index in [1.54, 1.807) is 18.7 Å². The number of carboxylic acid groups (broad SMARTS) is 1. The zero-order valence-electron chi connectivity index (χ0n) is 10.8. The Kier molecular flexibility index (Phi) is 3.76. The standard InChI is InChI=1S/C13H12ClN3O3/c1-7-9(6-15-17(7)2)12(18)16-11-8(13(19)20)4-3-5-10(11)14/h3-6H,1-2H3,(H,16,18)(H,19,20). The molecular formula is C13H12ClN3O3. The Morgan fingerprint density at radius 2 is 2.05 bits per heavy atom. The van der Waals surface area contributed by atoms with E-state index in [4.69, 9.17) is 16.7 Å². The molecule has 0 saturated heterocycles. The van der Waals surface area contributed by atoms with Crippen LogP contribution in [0.1, 0.15) is 26.4 Å². The first-order chi connectivity index (χ1) is 9.41. The molecule has 104 valence electrons. The van der Waals surface area contributed by atoms with Gasteiger partial charge < -0.3 is 10.4 Å². The van der Waals surface area contributed by atoms with E-state index in [0.717, 1.165) is 0 Å². The van der Waals surface area contributed by atoms with E-state index < -0.39 is 11.9 Å². The number of aryl methyl sites for hydroxylation is 1. The minimum Gasteiger partial charge on any atom is -0.478 e. The third kappa shape index (κ3) is 2.50. The summed E-state index contributed by atoms with van der Waals surface area (Å²) in [5.41, 5.74) is 1.05. The van der Waals surface area contributed by atoms with Crippen molar-refractivity contribution >= 4 is 29.2 Å². The van der Waals surface area contributed by atoms with Crippen molar-refractivity contribution in [3.8, 4) is 0 Å². The lowest BCUT2D eigenvalue weighted by molar-refractivity contribution is 0.0698. The number of hydrogen-bond donors (Lipinski definition) is 2. The molecule has 0 bridgehead atoms. The van der Waals surface area contributed by atoms with Crippen LogP contribution in [0.2, 0.25) is 5.02 Å². The second-order valence-electron chi connectivity index (χ2n) is 4.19. The fourth-order valence-electron chi connectivity index (χ4n) is 1.73. The number of aromatic nitrogens is 2. The molecule has 0 saturated carbocycles. The third-order valence-corrected chi connectivity index (χ3v) is 3.28. The number of carbonyl (C=O) groups excluding carboxylic acids is 1. The molecule has 0 radical (unpaired) electrons. The molecule has 1 amide bonds. The predicted molar refractivity (Wildman–Crippen MR) is 74.3 cm³/mol. The van der Waals surface area contributed by atoms with Crippen molar-refractivity contribution in [1.29, 1.82) is 0 Å². The summed E-state index contributed by atoms with van der Waals surface area (Å²) in [6, 6.07) is 4.40. The van der Waals surface area contributed by atoms with Gasteiger partial charge in [-0.05, 0) is 19.1 Å². The summed E-state index contributed by atoms with van der Waals surface area (Å²) in [5, 5.41) is 15.8. The van der Waals surface area contributed by atoms with Crippen molar-refractivity contribution in [1.82, 2.24) is 9.78 Å². The third-order valence-electron chi connectivity index (χ3n) is 2.96. The largest absolute Gasteiger partial charge is 0.478 e. The number of para-hydroxylation sites is 1. The number of carbonyl (C=O) groups is 2. The molecule has 0 unspecified atom stereocenters. The lowest BCUT2D eigenvalue weighted by Gasteiger charge is -2.10. The number of halogens is 1. The Hall–Kier alpha value is -2.34. The van der Waals surface area contributed by atoms with E-state index in [2.05, 4.69) is 10.4 Å². The van der Waals surface area contributed by atoms with Gasteiger partial charge in [0.2, 0.25) is 0 Å². The zero-order chi connectivity index (χ0) is 14.9. The normalized spacial score (nSPS) is 10.3. The molecule has 1 aromatic heterocycles. The van der Waals surface area contributed by atoms with Gasteiger partial charge in [-0.2, -0.15) is 5.10 Å². The van der Waals surface area contributed by atoms with E-state index >= 15 is 0 Å². The van der Waals surface area contributed by atoms with Gasteiger partial charge in [0.05, 0.1) is 28.0 Å². The van der Waals surface area contributed by atoms with E-state index in [9.17, 15) is 9.59 Å². The Labute approximate surface area is 120 Å². The number of hydrogen-bond acceptors (Lipinski definition) is 3. The molecule has 2 aromatic rings. The van der Waals surface area contributed by atoms with Gasteiger partial charge in [0.1, 0.15) is 0 Å². The first-order valence-corrected chi connectivity index (χ1v) is 6.11. The molecule has 2 N–H and O–H groups in total. The first kappa shape index (κ1) is 14.1. The molecule has 6 nitrogen and oxygen atoms in total. The summed E-state index contributed by atoms with van der Waals surface area (Å²) in [7, 11) is 1.71. The maximum atomic E-state index is 12.2. The molecule has 20 heavy (non-hydrogen) atoms. The SMILES string of the molecule is Cc1c(C(=O)Nc2c(Cl)cccc2C(=O)O)cnn1C. The second kappa shape index (κ2) is 5.34. The predicted octanol–water partition coefficient (Wildman–Crippen LogP) is 2.33. The maximum absolute atomic E-state index is 12.2. The molecule has 0 aliphatic rings. The van der Waals surface area contributed by atoms with Crippen LogP contribution in [0.25, 0.3) is 0 Å². The van der Waals surface area contributed by atoms with Gasteiger partial charge in [0.25, 0.3) is 5.91 Å². The topological polar surface area (TPSA) is 84.2 Å². The molecule has 0 atom stereocenters. The highest BCUT2D eigenvalue weighted by Gasteiger charge is 2.18. The van der Waals surface area contributed by atoms with Crippen molar-refractivity contribution in [3.05, 3.63) is 46.2 Å². The molecule has 2 rings (SSSR count). The smallest absolute Gasteiger partial charge is 0.337 e. The van der Waals surface area contributed by atoms with Crippen LogP contribution in [0.5, 0.6) is 0 Å². The van der Waals surface area contributed by atoms with Crippen molar-refractivity contribution < 1.29 is 14.7 Å². The first-order valence-electron chi connectivity index (χ1n) is 5.73.